The number of methoxy groups -OCH3 is 3. The first kappa shape index (κ1) is 19.8. The zero-order valence-corrected chi connectivity index (χ0v) is 17.7. The van der Waals surface area contributed by atoms with E-state index in [1.165, 1.54) is 11.3 Å². The van der Waals surface area contributed by atoms with Gasteiger partial charge in [0, 0.05) is 5.56 Å². The lowest BCUT2D eigenvalue weighted by Gasteiger charge is -2.13. The molecule has 9 heteroatoms. The quantitative estimate of drug-likeness (QED) is 0.406. The van der Waals surface area contributed by atoms with Crippen molar-refractivity contribution in [2.45, 2.75) is 0 Å². The molecule has 0 fully saturated rings. The van der Waals surface area contributed by atoms with Gasteiger partial charge in [0.15, 0.2) is 11.5 Å². The Hall–Kier alpha value is -3.46. The van der Waals surface area contributed by atoms with Crippen LogP contribution in [0.1, 0.15) is 0 Å². The summed E-state index contributed by atoms with van der Waals surface area (Å²) >= 11 is 1.47. The van der Waals surface area contributed by atoms with Gasteiger partial charge in [-0.05, 0) is 24.3 Å². The van der Waals surface area contributed by atoms with Gasteiger partial charge >= 0.3 is 0 Å². The summed E-state index contributed by atoms with van der Waals surface area (Å²) in [6.45, 7) is 1.16. The summed E-state index contributed by atoms with van der Waals surface area (Å²) in [7, 11) is 4.77. The lowest BCUT2D eigenvalue weighted by molar-refractivity contribution is 0.324. The van der Waals surface area contributed by atoms with Crippen LogP contribution in [-0.4, -0.2) is 49.1 Å². The number of nitrogens with zero attached hydrogens (tertiary/aromatic N) is 3. The number of hydrogen-bond donors (Lipinski definition) is 1. The molecule has 0 aliphatic carbocycles. The third kappa shape index (κ3) is 3.97. The Kier molecular flexibility index (Phi) is 5.89. The third-order valence-corrected chi connectivity index (χ3v) is 5.32. The van der Waals surface area contributed by atoms with E-state index < -0.39 is 0 Å². The van der Waals surface area contributed by atoms with Gasteiger partial charge in [-0.3, -0.25) is 0 Å². The summed E-state index contributed by atoms with van der Waals surface area (Å²) in [5, 5.41) is 8.69. The maximum Gasteiger partial charge on any atom is 0.214 e. The molecule has 0 amide bonds. The van der Waals surface area contributed by atoms with Crippen LogP contribution in [0.25, 0.3) is 16.2 Å². The van der Waals surface area contributed by atoms with E-state index in [2.05, 4.69) is 15.4 Å². The molecule has 1 N–H and O–H groups in total. The second-order valence-corrected chi connectivity index (χ2v) is 7.20. The van der Waals surface area contributed by atoms with Gasteiger partial charge < -0.3 is 24.3 Å². The van der Waals surface area contributed by atoms with Gasteiger partial charge in [-0.1, -0.05) is 29.5 Å². The number of benzene rings is 2. The summed E-state index contributed by atoms with van der Waals surface area (Å²) in [5.41, 5.74) is 1.69. The summed E-state index contributed by atoms with van der Waals surface area (Å²) < 4.78 is 23.8. The van der Waals surface area contributed by atoms with Crippen LogP contribution in [0.3, 0.4) is 0 Å². The molecular formula is C21H22N4O4S. The first-order valence-electron chi connectivity index (χ1n) is 9.30. The number of fused-ring (bicyclic) bond motifs is 1. The molecule has 8 nitrogen and oxygen atoms in total. The number of anilines is 1. The average Bonchev–Trinajstić information content (AvgIpc) is 3.36. The second-order valence-electron chi connectivity index (χ2n) is 6.25. The smallest absolute Gasteiger partial charge is 0.214 e. The predicted molar refractivity (Wildman–Crippen MR) is 116 cm³/mol. The highest BCUT2D eigenvalue weighted by Crippen LogP contribution is 2.41. The Morgan fingerprint density at radius 1 is 1.00 bits per heavy atom. The minimum atomic E-state index is 0.533. The van der Waals surface area contributed by atoms with E-state index in [9.17, 15) is 0 Å². The topological polar surface area (TPSA) is 79.1 Å². The molecule has 2 aromatic heterocycles. The van der Waals surface area contributed by atoms with E-state index in [0.29, 0.717) is 30.4 Å². The van der Waals surface area contributed by atoms with Gasteiger partial charge in [-0.25, -0.2) is 9.50 Å². The van der Waals surface area contributed by atoms with Gasteiger partial charge in [0.1, 0.15) is 12.4 Å². The normalized spacial score (nSPS) is 10.8. The molecule has 0 spiro atoms. The molecule has 0 unspecified atom stereocenters. The highest BCUT2D eigenvalue weighted by Gasteiger charge is 2.18. The molecule has 0 aliphatic rings. The SMILES string of the molecule is COc1cc(-c2cnc3sc(NCCOc4ccccc4)nn23)cc(OC)c1OC. The van der Waals surface area contributed by atoms with Crippen LogP contribution in [0.5, 0.6) is 23.0 Å². The van der Waals surface area contributed by atoms with Crippen molar-refractivity contribution in [1.29, 1.82) is 0 Å². The maximum absolute atomic E-state index is 5.70. The summed E-state index contributed by atoms with van der Waals surface area (Å²) in [4.78, 5) is 5.26. The van der Waals surface area contributed by atoms with Crippen LogP contribution in [0.2, 0.25) is 0 Å². The number of nitrogens with one attached hydrogen (secondary N) is 1. The van der Waals surface area contributed by atoms with Crippen LogP contribution in [-0.2, 0) is 0 Å². The fourth-order valence-corrected chi connectivity index (χ4v) is 3.83. The minimum Gasteiger partial charge on any atom is -0.493 e. The summed E-state index contributed by atoms with van der Waals surface area (Å²) in [6, 6.07) is 13.5. The minimum absolute atomic E-state index is 0.533. The summed E-state index contributed by atoms with van der Waals surface area (Å²) in [6.07, 6.45) is 1.78. The number of rotatable bonds is 9. The monoisotopic (exact) mass is 426 g/mol. The number of hydrogen-bond acceptors (Lipinski definition) is 8. The summed E-state index contributed by atoms with van der Waals surface area (Å²) in [5.74, 6) is 2.54. The predicted octanol–water partition coefficient (Wildman–Crippen LogP) is 3.97. The molecule has 0 saturated carbocycles. The Morgan fingerprint density at radius 2 is 1.73 bits per heavy atom. The largest absolute Gasteiger partial charge is 0.493 e. The Balaban J connectivity index is 1.52. The molecule has 30 heavy (non-hydrogen) atoms. The van der Waals surface area contributed by atoms with Gasteiger partial charge in [-0.2, -0.15) is 0 Å². The van der Waals surface area contributed by atoms with E-state index in [1.807, 2.05) is 42.5 Å². The molecule has 0 bridgehead atoms. The van der Waals surface area contributed by atoms with Crippen LogP contribution in [0, 0.1) is 0 Å². The molecule has 4 rings (SSSR count). The molecular weight excluding hydrogens is 404 g/mol. The fraction of sp³-hybridized carbons (Fsp3) is 0.238. The molecule has 0 atom stereocenters. The van der Waals surface area contributed by atoms with Crippen molar-refractivity contribution in [2.75, 3.05) is 39.8 Å². The number of aromatic nitrogens is 3. The standard InChI is InChI=1S/C21H22N4O4S/c1-26-17-11-14(12-18(27-2)19(17)28-3)16-13-23-21-25(16)24-20(30-21)22-9-10-29-15-7-5-4-6-8-15/h4-8,11-13H,9-10H2,1-3H3,(H,22,24). The maximum atomic E-state index is 5.70. The van der Waals surface area contributed by atoms with E-state index >= 15 is 0 Å². The van der Waals surface area contributed by atoms with Crippen molar-refractivity contribution >= 4 is 21.4 Å². The number of ether oxygens (including phenoxy) is 4. The molecule has 4 aromatic rings. The molecule has 0 saturated heterocycles. The van der Waals surface area contributed by atoms with Crippen LogP contribution in [0.4, 0.5) is 5.13 Å². The number of imidazole rings is 1. The molecule has 0 aliphatic heterocycles. The van der Waals surface area contributed by atoms with Crippen LogP contribution < -0.4 is 24.3 Å². The highest BCUT2D eigenvalue weighted by atomic mass is 32.1. The Morgan fingerprint density at radius 3 is 2.40 bits per heavy atom. The number of para-hydroxylation sites is 1. The average molecular weight is 426 g/mol. The van der Waals surface area contributed by atoms with E-state index in [0.717, 1.165) is 27.1 Å². The fourth-order valence-electron chi connectivity index (χ4n) is 3.03. The van der Waals surface area contributed by atoms with Gasteiger partial charge in [0.2, 0.25) is 15.8 Å². The third-order valence-electron chi connectivity index (χ3n) is 4.44. The zero-order chi connectivity index (χ0) is 20.9. The van der Waals surface area contributed by atoms with Gasteiger partial charge in [-0.15, -0.1) is 5.10 Å². The Bertz CT molecular complexity index is 1100. The Labute approximate surface area is 178 Å². The molecule has 2 heterocycles. The van der Waals surface area contributed by atoms with Crippen molar-refractivity contribution in [3.05, 3.63) is 48.7 Å². The van der Waals surface area contributed by atoms with Crippen molar-refractivity contribution in [1.82, 2.24) is 14.6 Å². The zero-order valence-electron chi connectivity index (χ0n) is 16.9. The van der Waals surface area contributed by atoms with Crippen molar-refractivity contribution in [2.24, 2.45) is 0 Å². The lowest BCUT2D eigenvalue weighted by Crippen LogP contribution is -2.11. The highest BCUT2D eigenvalue weighted by molar-refractivity contribution is 7.20. The second kappa shape index (κ2) is 8.91. The van der Waals surface area contributed by atoms with E-state index in [4.69, 9.17) is 18.9 Å². The first-order valence-corrected chi connectivity index (χ1v) is 10.1. The first-order chi connectivity index (χ1) is 14.7. The van der Waals surface area contributed by atoms with E-state index in [1.54, 1.807) is 32.0 Å². The van der Waals surface area contributed by atoms with Crippen molar-refractivity contribution in [3.63, 3.8) is 0 Å². The van der Waals surface area contributed by atoms with E-state index in [-0.39, 0.29) is 0 Å². The van der Waals surface area contributed by atoms with Crippen molar-refractivity contribution < 1.29 is 18.9 Å². The van der Waals surface area contributed by atoms with Crippen LogP contribution in [0.15, 0.2) is 48.7 Å². The molecule has 156 valence electrons. The van der Waals surface area contributed by atoms with Gasteiger partial charge in [0.05, 0.1) is 39.8 Å². The van der Waals surface area contributed by atoms with Crippen LogP contribution >= 0.6 is 11.3 Å². The lowest BCUT2D eigenvalue weighted by atomic mass is 10.1. The van der Waals surface area contributed by atoms with Crippen molar-refractivity contribution in [3.8, 4) is 34.3 Å². The molecule has 0 radical (unpaired) electrons. The van der Waals surface area contributed by atoms with Gasteiger partial charge in [0.25, 0.3) is 0 Å². The molecule has 2 aromatic carbocycles.